The standard InChI is InChI=1S/C23H22BrClN2O2/c1-23(2)16-11-19(27-7-5-13(28)6-8-27)17(25)10-15(16)21(29)20-14-4-3-12(24)9-18(14)26-22(20)23/h3-4,9-11,13,26,28H,5-8H2,1-2H3. The number of aliphatic hydroxyl groups excluding tert-OH is 1. The number of carbonyl (C=O) groups is 1. The Hall–Kier alpha value is -1.82. The van der Waals surface area contributed by atoms with Crippen LogP contribution in [0.25, 0.3) is 10.9 Å². The number of H-pyrrole nitrogens is 1. The lowest BCUT2D eigenvalue weighted by atomic mass is 9.71. The van der Waals surface area contributed by atoms with Crippen LogP contribution in [0.4, 0.5) is 5.69 Å². The van der Waals surface area contributed by atoms with Crippen LogP contribution >= 0.6 is 27.5 Å². The van der Waals surface area contributed by atoms with Crippen LogP contribution in [0.5, 0.6) is 0 Å². The quantitative estimate of drug-likeness (QED) is 0.496. The molecule has 1 saturated heterocycles. The monoisotopic (exact) mass is 472 g/mol. The van der Waals surface area contributed by atoms with Crippen molar-refractivity contribution < 1.29 is 9.90 Å². The molecule has 0 radical (unpaired) electrons. The molecule has 0 saturated carbocycles. The molecule has 2 N–H and O–H groups in total. The summed E-state index contributed by atoms with van der Waals surface area (Å²) in [6.45, 7) is 5.83. The number of carbonyl (C=O) groups excluding carboxylic acids is 1. The number of aromatic nitrogens is 1. The molecule has 3 aromatic rings. The summed E-state index contributed by atoms with van der Waals surface area (Å²) in [5, 5.41) is 11.4. The fraction of sp³-hybridized carbons (Fsp3) is 0.348. The number of rotatable bonds is 1. The summed E-state index contributed by atoms with van der Waals surface area (Å²) in [4.78, 5) is 19.2. The molecule has 150 valence electrons. The van der Waals surface area contributed by atoms with Crippen molar-refractivity contribution in [3.8, 4) is 0 Å². The number of hydrogen-bond acceptors (Lipinski definition) is 3. The number of piperidine rings is 1. The highest BCUT2D eigenvalue weighted by Crippen LogP contribution is 2.46. The van der Waals surface area contributed by atoms with Gasteiger partial charge in [-0.2, -0.15) is 0 Å². The number of fused-ring (bicyclic) bond motifs is 4. The van der Waals surface area contributed by atoms with E-state index in [4.69, 9.17) is 11.6 Å². The van der Waals surface area contributed by atoms with Gasteiger partial charge in [0.15, 0.2) is 5.78 Å². The van der Waals surface area contributed by atoms with Crippen molar-refractivity contribution in [1.29, 1.82) is 0 Å². The number of nitrogens with one attached hydrogen (secondary N) is 1. The summed E-state index contributed by atoms with van der Waals surface area (Å²) in [7, 11) is 0. The van der Waals surface area contributed by atoms with Gasteiger partial charge in [-0.1, -0.05) is 47.4 Å². The third kappa shape index (κ3) is 2.86. The molecule has 0 amide bonds. The molecule has 2 aromatic carbocycles. The van der Waals surface area contributed by atoms with E-state index in [0.29, 0.717) is 10.6 Å². The fourth-order valence-corrected chi connectivity index (χ4v) is 5.40. The van der Waals surface area contributed by atoms with Crippen LogP contribution in [-0.2, 0) is 5.41 Å². The van der Waals surface area contributed by atoms with Crippen LogP contribution in [0.1, 0.15) is 53.9 Å². The smallest absolute Gasteiger partial charge is 0.195 e. The van der Waals surface area contributed by atoms with E-state index in [1.807, 2.05) is 24.3 Å². The first-order chi connectivity index (χ1) is 13.8. The third-order valence-corrected chi connectivity index (χ3v) is 7.22. The largest absolute Gasteiger partial charge is 0.393 e. The lowest BCUT2D eigenvalue weighted by molar-refractivity contribution is 0.103. The van der Waals surface area contributed by atoms with E-state index in [1.54, 1.807) is 0 Å². The number of benzene rings is 2. The Bertz CT molecular complexity index is 1160. The van der Waals surface area contributed by atoms with Gasteiger partial charge in [-0.25, -0.2) is 0 Å². The van der Waals surface area contributed by atoms with Crippen LogP contribution in [0.3, 0.4) is 0 Å². The van der Waals surface area contributed by atoms with Gasteiger partial charge in [0.25, 0.3) is 0 Å². The molecule has 2 heterocycles. The number of hydrogen-bond donors (Lipinski definition) is 2. The van der Waals surface area contributed by atoms with E-state index in [1.165, 1.54) is 0 Å². The second-order valence-electron chi connectivity index (χ2n) is 8.59. The minimum absolute atomic E-state index is 0.0189. The van der Waals surface area contributed by atoms with Crippen molar-refractivity contribution in [2.75, 3.05) is 18.0 Å². The number of aromatic amines is 1. The summed E-state index contributed by atoms with van der Waals surface area (Å²) < 4.78 is 0.976. The molecule has 1 fully saturated rings. The SMILES string of the molecule is CC1(C)c2cc(N3CCC(O)CC3)c(Cl)cc2C(=O)c2c1[nH]c1cc(Br)ccc21. The number of halogens is 2. The summed E-state index contributed by atoms with van der Waals surface area (Å²) >= 11 is 10.2. The van der Waals surface area contributed by atoms with Gasteiger partial charge in [0.1, 0.15) is 0 Å². The number of aliphatic hydroxyl groups is 1. The van der Waals surface area contributed by atoms with Gasteiger partial charge in [-0.15, -0.1) is 0 Å². The first-order valence-electron chi connectivity index (χ1n) is 9.91. The topological polar surface area (TPSA) is 56.3 Å². The van der Waals surface area contributed by atoms with Crippen molar-refractivity contribution >= 4 is 49.9 Å². The lowest BCUT2D eigenvalue weighted by Gasteiger charge is -2.36. The van der Waals surface area contributed by atoms with E-state index in [0.717, 1.165) is 63.8 Å². The van der Waals surface area contributed by atoms with Crippen molar-refractivity contribution in [1.82, 2.24) is 4.98 Å². The Labute approximate surface area is 183 Å². The molecule has 1 aliphatic carbocycles. The molecule has 4 nitrogen and oxygen atoms in total. The van der Waals surface area contributed by atoms with E-state index >= 15 is 0 Å². The highest BCUT2D eigenvalue weighted by Gasteiger charge is 2.40. The van der Waals surface area contributed by atoms with Gasteiger partial charge in [0.05, 0.1) is 22.4 Å². The zero-order valence-electron chi connectivity index (χ0n) is 16.4. The Morgan fingerprint density at radius 3 is 2.66 bits per heavy atom. The summed E-state index contributed by atoms with van der Waals surface area (Å²) in [5.41, 5.74) is 4.90. The lowest BCUT2D eigenvalue weighted by Crippen LogP contribution is -2.37. The Morgan fingerprint density at radius 1 is 1.21 bits per heavy atom. The van der Waals surface area contributed by atoms with Crippen molar-refractivity contribution in [3.63, 3.8) is 0 Å². The average molecular weight is 474 g/mol. The normalized spacial score (nSPS) is 18.8. The Balaban J connectivity index is 1.69. The zero-order valence-corrected chi connectivity index (χ0v) is 18.7. The van der Waals surface area contributed by atoms with Crippen molar-refractivity contribution in [2.24, 2.45) is 0 Å². The molecule has 29 heavy (non-hydrogen) atoms. The summed E-state index contributed by atoms with van der Waals surface area (Å²) in [6.07, 6.45) is 1.22. The molecular weight excluding hydrogens is 452 g/mol. The first kappa shape index (κ1) is 19.2. The molecule has 2 aliphatic rings. The number of anilines is 1. The van der Waals surface area contributed by atoms with Crippen LogP contribution in [0.2, 0.25) is 5.02 Å². The predicted molar refractivity (Wildman–Crippen MR) is 120 cm³/mol. The van der Waals surface area contributed by atoms with Gasteiger partial charge < -0.3 is 15.0 Å². The molecule has 0 atom stereocenters. The van der Waals surface area contributed by atoms with E-state index in [-0.39, 0.29) is 17.3 Å². The van der Waals surface area contributed by atoms with Gasteiger partial charge in [-0.3, -0.25) is 4.79 Å². The molecular formula is C23H22BrClN2O2. The van der Waals surface area contributed by atoms with Gasteiger partial charge in [0, 0.05) is 45.1 Å². The molecule has 0 unspecified atom stereocenters. The van der Waals surface area contributed by atoms with Crippen LogP contribution in [0.15, 0.2) is 34.8 Å². The first-order valence-corrected chi connectivity index (χ1v) is 11.1. The maximum atomic E-state index is 13.5. The van der Waals surface area contributed by atoms with Crippen LogP contribution < -0.4 is 4.90 Å². The van der Waals surface area contributed by atoms with Crippen molar-refractivity contribution in [2.45, 2.75) is 38.2 Å². The highest BCUT2D eigenvalue weighted by molar-refractivity contribution is 9.10. The molecule has 1 aromatic heterocycles. The number of ketones is 1. The maximum Gasteiger partial charge on any atom is 0.195 e. The van der Waals surface area contributed by atoms with Crippen LogP contribution in [-0.4, -0.2) is 35.1 Å². The maximum absolute atomic E-state index is 13.5. The van der Waals surface area contributed by atoms with E-state index < -0.39 is 0 Å². The summed E-state index contributed by atoms with van der Waals surface area (Å²) in [6, 6.07) is 9.88. The van der Waals surface area contributed by atoms with Crippen LogP contribution in [0, 0.1) is 0 Å². The summed E-state index contributed by atoms with van der Waals surface area (Å²) in [5.74, 6) is 0.0189. The highest BCUT2D eigenvalue weighted by atomic mass is 79.9. The van der Waals surface area contributed by atoms with E-state index in [2.05, 4.69) is 45.7 Å². The minimum atomic E-state index is -0.362. The zero-order chi connectivity index (χ0) is 20.5. The third-order valence-electron chi connectivity index (χ3n) is 6.42. The van der Waals surface area contributed by atoms with E-state index in [9.17, 15) is 9.90 Å². The molecule has 6 heteroatoms. The Morgan fingerprint density at radius 2 is 1.93 bits per heavy atom. The van der Waals surface area contributed by atoms with Crippen molar-refractivity contribution in [3.05, 3.63) is 62.2 Å². The number of nitrogens with zero attached hydrogens (tertiary/aromatic N) is 1. The molecule has 0 bridgehead atoms. The minimum Gasteiger partial charge on any atom is -0.393 e. The van der Waals surface area contributed by atoms with Gasteiger partial charge in [0.2, 0.25) is 0 Å². The van der Waals surface area contributed by atoms with Gasteiger partial charge in [-0.05, 0) is 42.7 Å². The molecule has 5 rings (SSSR count). The van der Waals surface area contributed by atoms with Gasteiger partial charge >= 0.3 is 0 Å². The predicted octanol–water partition coefficient (Wildman–Crippen LogP) is 5.42. The Kier molecular flexibility index (Phi) is 4.36. The molecule has 1 aliphatic heterocycles. The second kappa shape index (κ2) is 6.59. The average Bonchev–Trinajstić information content (AvgIpc) is 3.06. The fourth-order valence-electron chi connectivity index (χ4n) is 4.76. The molecule has 0 spiro atoms. The second-order valence-corrected chi connectivity index (χ2v) is 9.91.